The number of esters is 1. The van der Waals surface area contributed by atoms with Crippen LogP contribution >= 0.6 is 11.3 Å². The van der Waals surface area contributed by atoms with Crippen LogP contribution in [0.5, 0.6) is 0 Å². The van der Waals surface area contributed by atoms with Crippen LogP contribution in [0.25, 0.3) is 6.08 Å². The van der Waals surface area contributed by atoms with Gasteiger partial charge in [-0.15, -0.1) is 11.3 Å². The third-order valence-corrected chi connectivity index (χ3v) is 5.68. The Bertz CT molecular complexity index is 866. The molecule has 2 aromatic rings. The van der Waals surface area contributed by atoms with Gasteiger partial charge in [-0.3, -0.25) is 4.79 Å². The van der Waals surface area contributed by atoms with Crippen molar-refractivity contribution < 1.29 is 14.3 Å². The molecule has 6 heteroatoms. The van der Waals surface area contributed by atoms with Crippen molar-refractivity contribution in [3.8, 4) is 0 Å². The van der Waals surface area contributed by atoms with Crippen LogP contribution in [-0.2, 0) is 22.4 Å². The summed E-state index contributed by atoms with van der Waals surface area (Å²) in [5, 5.41) is 3.46. The molecule has 0 aliphatic heterocycles. The Kier molecular flexibility index (Phi) is 5.96. The highest BCUT2D eigenvalue weighted by Crippen LogP contribution is 2.39. The lowest BCUT2D eigenvalue weighted by molar-refractivity contribution is -0.111. The first-order valence-corrected chi connectivity index (χ1v) is 9.89. The molecule has 0 fully saturated rings. The lowest BCUT2D eigenvalue weighted by atomic mass is 10.1. The Hall–Kier alpha value is -2.60. The fourth-order valence-electron chi connectivity index (χ4n) is 3.12. The van der Waals surface area contributed by atoms with Crippen molar-refractivity contribution in [1.82, 2.24) is 0 Å². The van der Waals surface area contributed by atoms with Crippen LogP contribution in [0, 0.1) is 0 Å². The quantitative estimate of drug-likeness (QED) is 0.601. The zero-order valence-electron chi connectivity index (χ0n) is 15.9. The predicted octanol–water partition coefficient (Wildman–Crippen LogP) is 4.13. The van der Waals surface area contributed by atoms with E-state index in [0.717, 1.165) is 36.1 Å². The number of nitrogens with zero attached hydrogens (tertiary/aromatic N) is 1. The third kappa shape index (κ3) is 4.39. The average Bonchev–Trinajstić information content (AvgIpc) is 3.21. The summed E-state index contributed by atoms with van der Waals surface area (Å²) in [4.78, 5) is 27.9. The fraction of sp³-hybridized carbons (Fsp3) is 0.333. The number of amides is 1. The van der Waals surface area contributed by atoms with Gasteiger partial charge in [-0.05, 0) is 55.5 Å². The second kappa shape index (κ2) is 8.39. The molecule has 1 aromatic carbocycles. The summed E-state index contributed by atoms with van der Waals surface area (Å²) in [5.74, 6) is -0.604. The standard InChI is InChI=1S/C21H24N2O3S/c1-4-26-21(25)19-16-6-5-7-17(16)27-20(19)22-18(24)13-10-14-8-11-15(12-9-14)23(2)3/h8-13H,4-7H2,1-3H3,(H,22,24)/b13-10+. The van der Waals surface area contributed by atoms with E-state index in [4.69, 9.17) is 4.74 Å². The molecule has 0 atom stereocenters. The fourth-order valence-corrected chi connectivity index (χ4v) is 4.40. The highest BCUT2D eigenvalue weighted by atomic mass is 32.1. The number of aryl methyl sites for hydroxylation is 1. The number of hydrogen-bond donors (Lipinski definition) is 1. The van der Waals surface area contributed by atoms with Crippen LogP contribution in [0.1, 0.15) is 39.7 Å². The summed E-state index contributed by atoms with van der Waals surface area (Å²) < 4.78 is 5.19. The van der Waals surface area contributed by atoms with Gasteiger partial charge >= 0.3 is 5.97 Å². The van der Waals surface area contributed by atoms with Gasteiger partial charge in [0, 0.05) is 30.7 Å². The first kappa shape index (κ1) is 19.2. The number of thiophene rings is 1. The minimum Gasteiger partial charge on any atom is -0.462 e. The van der Waals surface area contributed by atoms with Gasteiger partial charge in [-0.1, -0.05) is 12.1 Å². The Morgan fingerprint density at radius 1 is 1.22 bits per heavy atom. The Morgan fingerprint density at radius 2 is 1.96 bits per heavy atom. The molecule has 0 unspecified atom stereocenters. The van der Waals surface area contributed by atoms with Crippen molar-refractivity contribution >= 4 is 40.0 Å². The molecule has 27 heavy (non-hydrogen) atoms. The van der Waals surface area contributed by atoms with Crippen LogP contribution in [0.15, 0.2) is 30.3 Å². The minimum absolute atomic E-state index is 0.253. The van der Waals surface area contributed by atoms with E-state index in [2.05, 4.69) is 5.32 Å². The van der Waals surface area contributed by atoms with E-state index < -0.39 is 0 Å². The largest absolute Gasteiger partial charge is 0.462 e. The van der Waals surface area contributed by atoms with Crippen LogP contribution in [0.4, 0.5) is 10.7 Å². The Balaban J connectivity index is 1.73. The van der Waals surface area contributed by atoms with Gasteiger partial charge in [-0.25, -0.2) is 4.79 Å². The predicted molar refractivity (Wildman–Crippen MR) is 111 cm³/mol. The number of ether oxygens (including phenoxy) is 1. The van der Waals surface area contributed by atoms with Crippen molar-refractivity contribution in [2.75, 3.05) is 30.9 Å². The molecule has 1 heterocycles. The van der Waals surface area contributed by atoms with Gasteiger partial charge < -0.3 is 15.0 Å². The molecule has 142 valence electrons. The molecule has 0 bridgehead atoms. The van der Waals surface area contributed by atoms with E-state index in [-0.39, 0.29) is 11.9 Å². The van der Waals surface area contributed by atoms with Gasteiger partial charge in [0.25, 0.3) is 0 Å². The zero-order chi connectivity index (χ0) is 19.4. The molecular weight excluding hydrogens is 360 g/mol. The van der Waals surface area contributed by atoms with Gasteiger partial charge in [-0.2, -0.15) is 0 Å². The number of anilines is 2. The molecule has 5 nitrogen and oxygen atoms in total. The lowest BCUT2D eigenvalue weighted by Gasteiger charge is -2.11. The molecule has 1 amide bonds. The lowest BCUT2D eigenvalue weighted by Crippen LogP contribution is -2.13. The molecule has 0 saturated heterocycles. The topological polar surface area (TPSA) is 58.6 Å². The second-order valence-corrected chi connectivity index (χ2v) is 7.70. The number of fused-ring (bicyclic) bond motifs is 1. The smallest absolute Gasteiger partial charge is 0.341 e. The maximum Gasteiger partial charge on any atom is 0.341 e. The number of benzene rings is 1. The van der Waals surface area contributed by atoms with Gasteiger partial charge in [0.2, 0.25) is 5.91 Å². The highest BCUT2D eigenvalue weighted by molar-refractivity contribution is 7.17. The Labute approximate surface area is 163 Å². The summed E-state index contributed by atoms with van der Waals surface area (Å²) in [5.41, 5.74) is 3.61. The average molecular weight is 385 g/mol. The van der Waals surface area contributed by atoms with Crippen molar-refractivity contribution in [3.63, 3.8) is 0 Å². The third-order valence-electron chi connectivity index (χ3n) is 4.47. The number of nitrogens with one attached hydrogen (secondary N) is 1. The maximum absolute atomic E-state index is 12.4. The highest BCUT2D eigenvalue weighted by Gasteiger charge is 2.27. The monoisotopic (exact) mass is 384 g/mol. The van der Waals surface area contributed by atoms with E-state index in [1.54, 1.807) is 13.0 Å². The molecule has 0 radical (unpaired) electrons. The van der Waals surface area contributed by atoms with Crippen LogP contribution < -0.4 is 10.2 Å². The van der Waals surface area contributed by atoms with Gasteiger partial charge in [0.05, 0.1) is 12.2 Å². The van der Waals surface area contributed by atoms with Crippen LogP contribution in [0.2, 0.25) is 0 Å². The Morgan fingerprint density at radius 3 is 2.63 bits per heavy atom. The summed E-state index contributed by atoms with van der Waals surface area (Å²) in [7, 11) is 3.97. The van der Waals surface area contributed by atoms with Crippen LogP contribution in [0.3, 0.4) is 0 Å². The first-order valence-electron chi connectivity index (χ1n) is 9.07. The summed E-state index contributed by atoms with van der Waals surface area (Å²) >= 11 is 1.49. The van der Waals surface area contributed by atoms with Crippen molar-refractivity contribution in [2.24, 2.45) is 0 Å². The van der Waals surface area contributed by atoms with Crippen molar-refractivity contribution in [1.29, 1.82) is 0 Å². The van der Waals surface area contributed by atoms with E-state index >= 15 is 0 Å². The van der Waals surface area contributed by atoms with Crippen LogP contribution in [-0.4, -0.2) is 32.6 Å². The minimum atomic E-state index is -0.351. The van der Waals surface area contributed by atoms with Crippen molar-refractivity contribution in [2.45, 2.75) is 26.2 Å². The SMILES string of the molecule is CCOC(=O)c1c(NC(=O)/C=C/c2ccc(N(C)C)cc2)sc2c1CCC2. The number of carbonyl (C=O) groups is 2. The van der Waals surface area contributed by atoms with E-state index in [1.807, 2.05) is 43.3 Å². The maximum atomic E-state index is 12.4. The first-order chi connectivity index (χ1) is 13.0. The van der Waals surface area contributed by atoms with Crippen molar-refractivity contribution in [3.05, 3.63) is 51.9 Å². The van der Waals surface area contributed by atoms with E-state index in [0.29, 0.717) is 17.2 Å². The molecular formula is C21H24N2O3S. The molecule has 1 aliphatic carbocycles. The zero-order valence-corrected chi connectivity index (χ0v) is 16.7. The molecule has 1 N–H and O–H groups in total. The van der Waals surface area contributed by atoms with E-state index in [1.165, 1.54) is 22.3 Å². The number of hydrogen-bond acceptors (Lipinski definition) is 5. The number of carbonyl (C=O) groups excluding carboxylic acids is 2. The second-order valence-electron chi connectivity index (χ2n) is 6.59. The summed E-state index contributed by atoms with van der Waals surface area (Å²) in [6, 6.07) is 7.92. The van der Waals surface area contributed by atoms with Gasteiger partial charge in [0.15, 0.2) is 0 Å². The van der Waals surface area contributed by atoms with E-state index in [9.17, 15) is 9.59 Å². The summed E-state index contributed by atoms with van der Waals surface area (Å²) in [6.07, 6.45) is 6.12. The number of rotatable bonds is 6. The summed E-state index contributed by atoms with van der Waals surface area (Å²) in [6.45, 7) is 2.10. The molecule has 3 rings (SSSR count). The molecule has 1 aromatic heterocycles. The molecule has 0 saturated carbocycles. The molecule has 0 spiro atoms. The van der Waals surface area contributed by atoms with Gasteiger partial charge in [0.1, 0.15) is 5.00 Å². The normalized spacial score (nSPS) is 12.9. The molecule has 1 aliphatic rings.